The highest BCUT2D eigenvalue weighted by Crippen LogP contribution is 2.20. The van der Waals surface area contributed by atoms with Gasteiger partial charge < -0.3 is 0 Å². The zero-order valence-corrected chi connectivity index (χ0v) is 8.78. The van der Waals surface area contributed by atoms with Gasteiger partial charge in [0, 0.05) is 0 Å². The Bertz CT molecular complexity index is 391. The Morgan fingerprint density at radius 3 is 2.47 bits per heavy atom. The highest BCUT2D eigenvalue weighted by Gasteiger charge is 2.36. The van der Waals surface area contributed by atoms with Gasteiger partial charge in [-0.15, -0.1) is 11.6 Å². The molecule has 1 aliphatic heterocycles. The highest BCUT2D eigenvalue weighted by atomic mass is 35.5. The van der Waals surface area contributed by atoms with Gasteiger partial charge in [0.05, 0.1) is 13.0 Å². The number of imide groups is 1. The number of hydrogen-bond donors (Lipinski definition) is 0. The third-order valence-electron chi connectivity index (χ3n) is 2.37. The fraction of sp³-hybridized carbons (Fsp3) is 0.273. The molecule has 1 aliphatic rings. The standard InChI is InChI=1S/C11H10ClNO2/c12-9-6-10(14)13(11(9)15)7-8-4-2-1-3-5-8/h1-5,9H,6-7H2. The Hall–Kier alpha value is -1.35. The molecule has 1 heterocycles. The lowest BCUT2D eigenvalue weighted by atomic mass is 10.2. The van der Waals surface area contributed by atoms with Crippen LogP contribution in [-0.2, 0) is 16.1 Å². The van der Waals surface area contributed by atoms with Crippen LogP contribution in [-0.4, -0.2) is 22.1 Å². The van der Waals surface area contributed by atoms with E-state index in [1.165, 1.54) is 4.90 Å². The molecule has 1 unspecified atom stereocenters. The van der Waals surface area contributed by atoms with Gasteiger partial charge in [-0.3, -0.25) is 14.5 Å². The van der Waals surface area contributed by atoms with Crippen LogP contribution in [0.4, 0.5) is 0 Å². The molecular weight excluding hydrogens is 214 g/mol. The Balaban J connectivity index is 2.13. The number of alkyl halides is 1. The topological polar surface area (TPSA) is 37.4 Å². The molecule has 4 heteroatoms. The van der Waals surface area contributed by atoms with Crippen molar-refractivity contribution in [2.75, 3.05) is 0 Å². The molecule has 0 radical (unpaired) electrons. The molecule has 15 heavy (non-hydrogen) atoms. The first-order chi connectivity index (χ1) is 7.18. The SMILES string of the molecule is O=C1CC(Cl)C(=O)N1Cc1ccccc1. The Morgan fingerprint density at radius 2 is 1.93 bits per heavy atom. The molecule has 1 atom stereocenters. The molecule has 1 aromatic carbocycles. The quantitative estimate of drug-likeness (QED) is 0.564. The summed E-state index contributed by atoms with van der Waals surface area (Å²) in [6.45, 7) is 0.321. The first-order valence-corrected chi connectivity index (χ1v) is 5.14. The fourth-order valence-electron chi connectivity index (χ4n) is 1.57. The van der Waals surface area contributed by atoms with Crippen LogP contribution in [0, 0.1) is 0 Å². The van der Waals surface area contributed by atoms with Crippen LogP contribution in [0.15, 0.2) is 30.3 Å². The number of likely N-dealkylation sites (tertiary alicyclic amines) is 1. The first-order valence-electron chi connectivity index (χ1n) is 4.70. The van der Waals surface area contributed by atoms with Crippen molar-refractivity contribution in [3.63, 3.8) is 0 Å². The number of hydrogen-bond acceptors (Lipinski definition) is 2. The summed E-state index contributed by atoms with van der Waals surface area (Å²) < 4.78 is 0. The van der Waals surface area contributed by atoms with E-state index in [9.17, 15) is 9.59 Å². The molecule has 0 bridgehead atoms. The summed E-state index contributed by atoms with van der Waals surface area (Å²) in [6, 6.07) is 9.39. The largest absolute Gasteiger partial charge is 0.277 e. The summed E-state index contributed by atoms with van der Waals surface area (Å²) in [6.07, 6.45) is 0.118. The molecule has 1 saturated heterocycles. The van der Waals surface area contributed by atoms with Crippen LogP contribution in [0.2, 0.25) is 0 Å². The second-order valence-electron chi connectivity index (χ2n) is 3.48. The van der Waals surface area contributed by atoms with Crippen molar-refractivity contribution in [2.24, 2.45) is 0 Å². The summed E-state index contributed by atoms with van der Waals surface area (Å²) in [4.78, 5) is 24.1. The normalized spacial score (nSPS) is 21.1. The maximum absolute atomic E-state index is 11.5. The van der Waals surface area contributed by atoms with E-state index in [0.29, 0.717) is 6.54 Å². The van der Waals surface area contributed by atoms with Crippen LogP contribution in [0.5, 0.6) is 0 Å². The summed E-state index contributed by atoms with van der Waals surface area (Å²) in [5.41, 5.74) is 0.935. The number of nitrogens with zero attached hydrogens (tertiary/aromatic N) is 1. The molecule has 3 nitrogen and oxygen atoms in total. The molecule has 0 N–H and O–H groups in total. The van der Waals surface area contributed by atoms with Gasteiger partial charge in [-0.1, -0.05) is 30.3 Å². The van der Waals surface area contributed by atoms with Crippen molar-refractivity contribution >= 4 is 23.4 Å². The van der Waals surface area contributed by atoms with E-state index in [4.69, 9.17) is 11.6 Å². The van der Waals surface area contributed by atoms with Gasteiger partial charge in [0.25, 0.3) is 0 Å². The zero-order chi connectivity index (χ0) is 10.8. The Kier molecular flexibility index (Phi) is 2.73. The van der Waals surface area contributed by atoms with Gasteiger partial charge in [-0.25, -0.2) is 0 Å². The number of carbonyl (C=O) groups is 2. The van der Waals surface area contributed by atoms with E-state index in [1.54, 1.807) is 0 Å². The monoisotopic (exact) mass is 223 g/mol. The highest BCUT2D eigenvalue weighted by molar-refractivity contribution is 6.35. The van der Waals surface area contributed by atoms with E-state index < -0.39 is 5.38 Å². The lowest BCUT2D eigenvalue weighted by Crippen LogP contribution is -2.30. The maximum Gasteiger partial charge on any atom is 0.248 e. The van der Waals surface area contributed by atoms with Crippen molar-refractivity contribution in [3.05, 3.63) is 35.9 Å². The van der Waals surface area contributed by atoms with Crippen LogP contribution in [0.1, 0.15) is 12.0 Å². The smallest absolute Gasteiger partial charge is 0.248 e. The molecule has 0 aromatic heterocycles. The molecule has 1 aromatic rings. The number of amides is 2. The number of rotatable bonds is 2. The van der Waals surface area contributed by atoms with Crippen molar-refractivity contribution in [2.45, 2.75) is 18.3 Å². The molecule has 0 saturated carbocycles. The molecular formula is C11H10ClNO2. The average molecular weight is 224 g/mol. The van der Waals surface area contributed by atoms with E-state index in [0.717, 1.165) is 5.56 Å². The van der Waals surface area contributed by atoms with Gasteiger partial charge in [-0.2, -0.15) is 0 Å². The van der Waals surface area contributed by atoms with Crippen molar-refractivity contribution in [3.8, 4) is 0 Å². The first kappa shape index (κ1) is 10.2. The van der Waals surface area contributed by atoms with Crippen LogP contribution >= 0.6 is 11.6 Å². The van der Waals surface area contributed by atoms with E-state index in [-0.39, 0.29) is 18.2 Å². The Morgan fingerprint density at radius 1 is 1.27 bits per heavy atom. The van der Waals surface area contributed by atoms with Gasteiger partial charge in [-0.05, 0) is 5.56 Å². The minimum atomic E-state index is -0.679. The van der Waals surface area contributed by atoms with E-state index >= 15 is 0 Å². The molecule has 1 fully saturated rings. The minimum Gasteiger partial charge on any atom is -0.277 e. The summed E-state index contributed by atoms with van der Waals surface area (Å²) >= 11 is 5.71. The van der Waals surface area contributed by atoms with Gasteiger partial charge in [0.2, 0.25) is 11.8 Å². The van der Waals surface area contributed by atoms with Crippen LogP contribution in [0.3, 0.4) is 0 Å². The van der Waals surface area contributed by atoms with Crippen molar-refractivity contribution in [1.29, 1.82) is 0 Å². The van der Waals surface area contributed by atoms with Crippen LogP contribution < -0.4 is 0 Å². The Labute approximate surface area is 92.6 Å². The molecule has 78 valence electrons. The number of benzene rings is 1. The second-order valence-corrected chi connectivity index (χ2v) is 4.00. The van der Waals surface area contributed by atoms with Gasteiger partial charge in [0.1, 0.15) is 5.38 Å². The third-order valence-corrected chi connectivity index (χ3v) is 2.71. The lowest BCUT2D eigenvalue weighted by Gasteiger charge is -2.13. The van der Waals surface area contributed by atoms with Gasteiger partial charge in [0.15, 0.2) is 0 Å². The maximum atomic E-state index is 11.5. The third kappa shape index (κ3) is 2.02. The number of halogens is 1. The van der Waals surface area contributed by atoms with Crippen LogP contribution in [0.25, 0.3) is 0 Å². The minimum absolute atomic E-state index is 0.118. The lowest BCUT2D eigenvalue weighted by molar-refractivity contribution is -0.138. The molecule has 2 rings (SSSR count). The number of carbonyl (C=O) groups excluding carboxylic acids is 2. The van der Waals surface area contributed by atoms with Crippen molar-refractivity contribution in [1.82, 2.24) is 4.90 Å². The summed E-state index contributed by atoms with van der Waals surface area (Å²) in [7, 11) is 0. The fourth-order valence-corrected chi connectivity index (χ4v) is 1.82. The summed E-state index contributed by atoms with van der Waals surface area (Å²) in [5, 5.41) is -0.679. The van der Waals surface area contributed by atoms with E-state index in [2.05, 4.69) is 0 Å². The molecule has 0 spiro atoms. The molecule has 2 amide bonds. The van der Waals surface area contributed by atoms with Crippen molar-refractivity contribution < 1.29 is 9.59 Å². The predicted molar refractivity (Wildman–Crippen MR) is 56.3 cm³/mol. The summed E-state index contributed by atoms with van der Waals surface area (Å²) in [5.74, 6) is -0.477. The van der Waals surface area contributed by atoms with Gasteiger partial charge >= 0.3 is 0 Å². The zero-order valence-electron chi connectivity index (χ0n) is 8.02. The van der Waals surface area contributed by atoms with E-state index in [1.807, 2.05) is 30.3 Å². The molecule has 0 aliphatic carbocycles. The second kappa shape index (κ2) is 4.03. The predicted octanol–water partition coefficient (Wildman–Crippen LogP) is 1.55. The average Bonchev–Trinajstić information content (AvgIpc) is 2.47.